The monoisotopic (exact) mass is 291 g/mol. The van der Waals surface area contributed by atoms with E-state index in [4.69, 9.17) is 20.8 Å². The second-order valence-corrected chi connectivity index (χ2v) is 5.71. The number of benzene rings is 1. The molecule has 3 rings (SSSR count). The maximum absolute atomic E-state index is 5.92. The lowest BCUT2D eigenvalue weighted by molar-refractivity contribution is 0.268. The quantitative estimate of drug-likeness (QED) is 0.871. The standard InChI is InChI=1S/C16H18ClNO2/c1-11-6-13(17)2-5-16(11)20-10-15-7-12(9-19-15)8-18-14-3-4-14/h2,5-7,9,14,18H,3-4,8,10H2,1H3. The first-order valence-corrected chi connectivity index (χ1v) is 7.27. The number of hydrogen-bond acceptors (Lipinski definition) is 3. The second kappa shape index (κ2) is 5.90. The highest BCUT2D eigenvalue weighted by molar-refractivity contribution is 6.30. The molecule has 0 atom stereocenters. The summed E-state index contributed by atoms with van der Waals surface area (Å²) in [6, 6.07) is 8.36. The summed E-state index contributed by atoms with van der Waals surface area (Å²) in [4.78, 5) is 0. The summed E-state index contributed by atoms with van der Waals surface area (Å²) < 4.78 is 11.3. The third kappa shape index (κ3) is 3.56. The number of hydrogen-bond donors (Lipinski definition) is 1. The molecule has 106 valence electrons. The Labute approximate surface area is 123 Å². The van der Waals surface area contributed by atoms with Crippen LogP contribution in [0.4, 0.5) is 0 Å². The van der Waals surface area contributed by atoms with Crippen LogP contribution >= 0.6 is 11.6 Å². The average Bonchev–Trinajstić information content (AvgIpc) is 3.14. The smallest absolute Gasteiger partial charge is 0.146 e. The molecule has 1 aliphatic carbocycles. The molecule has 0 saturated heterocycles. The lowest BCUT2D eigenvalue weighted by atomic mass is 10.2. The highest BCUT2D eigenvalue weighted by atomic mass is 35.5. The maximum atomic E-state index is 5.92. The van der Waals surface area contributed by atoms with Crippen molar-refractivity contribution in [3.05, 3.63) is 52.4 Å². The van der Waals surface area contributed by atoms with Crippen LogP contribution < -0.4 is 10.1 Å². The zero-order valence-electron chi connectivity index (χ0n) is 11.5. The van der Waals surface area contributed by atoms with E-state index in [1.54, 1.807) is 6.26 Å². The van der Waals surface area contributed by atoms with Gasteiger partial charge in [0.2, 0.25) is 0 Å². The first kappa shape index (κ1) is 13.5. The molecular formula is C16H18ClNO2. The van der Waals surface area contributed by atoms with Gasteiger partial charge in [0.15, 0.2) is 0 Å². The van der Waals surface area contributed by atoms with Gasteiger partial charge < -0.3 is 14.5 Å². The molecule has 0 spiro atoms. The minimum absolute atomic E-state index is 0.436. The van der Waals surface area contributed by atoms with Gasteiger partial charge in [-0.1, -0.05) is 11.6 Å². The van der Waals surface area contributed by atoms with Crippen molar-refractivity contribution < 1.29 is 9.15 Å². The van der Waals surface area contributed by atoms with E-state index in [9.17, 15) is 0 Å². The lowest BCUT2D eigenvalue weighted by Gasteiger charge is -2.07. The van der Waals surface area contributed by atoms with E-state index >= 15 is 0 Å². The van der Waals surface area contributed by atoms with Gasteiger partial charge in [-0.05, 0) is 49.6 Å². The summed E-state index contributed by atoms with van der Waals surface area (Å²) in [5, 5.41) is 4.18. The average molecular weight is 292 g/mol. The van der Waals surface area contributed by atoms with Gasteiger partial charge in [-0.25, -0.2) is 0 Å². The number of ether oxygens (including phenoxy) is 1. The highest BCUT2D eigenvalue weighted by Gasteiger charge is 2.20. The topological polar surface area (TPSA) is 34.4 Å². The Morgan fingerprint density at radius 3 is 2.95 bits per heavy atom. The fourth-order valence-electron chi connectivity index (χ4n) is 2.07. The van der Waals surface area contributed by atoms with Crippen LogP contribution in [0.3, 0.4) is 0 Å². The molecule has 3 nitrogen and oxygen atoms in total. The summed E-state index contributed by atoms with van der Waals surface area (Å²) in [6.07, 6.45) is 4.39. The molecule has 0 amide bonds. The molecule has 0 bridgehead atoms. The first-order chi connectivity index (χ1) is 9.70. The number of aryl methyl sites for hydroxylation is 1. The third-order valence-electron chi connectivity index (χ3n) is 3.39. The number of nitrogens with one attached hydrogen (secondary N) is 1. The van der Waals surface area contributed by atoms with E-state index in [0.29, 0.717) is 12.6 Å². The van der Waals surface area contributed by atoms with Crippen LogP contribution in [0.25, 0.3) is 0 Å². The SMILES string of the molecule is Cc1cc(Cl)ccc1OCc1cc(CNC2CC2)co1. The zero-order valence-corrected chi connectivity index (χ0v) is 12.2. The molecule has 20 heavy (non-hydrogen) atoms. The highest BCUT2D eigenvalue weighted by Crippen LogP contribution is 2.23. The number of halogens is 1. The Morgan fingerprint density at radius 2 is 2.20 bits per heavy atom. The van der Waals surface area contributed by atoms with Crippen molar-refractivity contribution >= 4 is 11.6 Å². The first-order valence-electron chi connectivity index (χ1n) is 6.89. The Hall–Kier alpha value is -1.45. The normalized spacial score (nSPS) is 14.5. The zero-order chi connectivity index (χ0) is 13.9. The molecular weight excluding hydrogens is 274 g/mol. The predicted octanol–water partition coefficient (Wildman–Crippen LogP) is 4.07. The maximum Gasteiger partial charge on any atom is 0.146 e. The molecule has 0 aliphatic heterocycles. The molecule has 4 heteroatoms. The summed E-state index contributed by atoms with van der Waals surface area (Å²) in [7, 11) is 0. The Kier molecular flexibility index (Phi) is 3.99. The van der Waals surface area contributed by atoms with Crippen LogP contribution in [0.15, 0.2) is 34.9 Å². The Bertz CT molecular complexity index is 590. The summed E-state index contributed by atoms with van der Waals surface area (Å²) in [6.45, 7) is 3.29. The van der Waals surface area contributed by atoms with Crippen molar-refractivity contribution in [2.24, 2.45) is 0 Å². The fraction of sp³-hybridized carbons (Fsp3) is 0.375. The van der Waals surface area contributed by atoms with Crippen molar-refractivity contribution in [3.63, 3.8) is 0 Å². The largest absolute Gasteiger partial charge is 0.485 e. The van der Waals surface area contributed by atoms with Crippen LogP contribution in [-0.4, -0.2) is 6.04 Å². The lowest BCUT2D eigenvalue weighted by Crippen LogP contribution is -2.14. The predicted molar refractivity (Wildman–Crippen MR) is 79.1 cm³/mol. The van der Waals surface area contributed by atoms with Gasteiger partial charge in [-0.2, -0.15) is 0 Å². The van der Waals surface area contributed by atoms with E-state index in [0.717, 1.165) is 28.6 Å². The van der Waals surface area contributed by atoms with Gasteiger partial charge in [0, 0.05) is 23.2 Å². The number of furan rings is 1. The minimum atomic E-state index is 0.436. The van der Waals surface area contributed by atoms with Gasteiger partial charge in [-0.3, -0.25) is 0 Å². The third-order valence-corrected chi connectivity index (χ3v) is 3.62. The Morgan fingerprint density at radius 1 is 1.35 bits per heavy atom. The van der Waals surface area contributed by atoms with E-state index < -0.39 is 0 Å². The molecule has 0 unspecified atom stereocenters. The second-order valence-electron chi connectivity index (χ2n) is 5.27. The molecule has 2 aromatic rings. The van der Waals surface area contributed by atoms with Crippen LogP contribution in [0.5, 0.6) is 5.75 Å². The van der Waals surface area contributed by atoms with E-state index in [2.05, 4.69) is 5.32 Å². The van der Waals surface area contributed by atoms with Crippen LogP contribution in [0, 0.1) is 6.92 Å². The van der Waals surface area contributed by atoms with Gasteiger partial charge in [0.05, 0.1) is 6.26 Å². The van der Waals surface area contributed by atoms with Crippen LogP contribution in [0.2, 0.25) is 5.02 Å². The van der Waals surface area contributed by atoms with Crippen molar-refractivity contribution in [1.82, 2.24) is 5.32 Å². The molecule has 1 saturated carbocycles. The summed E-state index contributed by atoms with van der Waals surface area (Å²) in [5.74, 6) is 1.68. The molecule has 1 heterocycles. The molecule has 1 aliphatic rings. The van der Waals surface area contributed by atoms with Crippen molar-refractivity contribution in [2.45, 2.75) is 39.0 Å². The minimum Gasteiger partial charge on any atom is -0.485 e. The van der Waals surface area contributed by atoms with Gasteiger partial charge >= 0.3 is 0 Å². The van der Waals surface area contributed by atoms with E-state index in [1.807, 2.05) is 31.2 Å². The molecule has 1 N–H and O–H groups in total. The van der Waals surface area contributed by atoms with Crippen LogP contribution in [0.1, 0.15) is 29.7 Å². The van der Waals surface area contributed by atoms with Gasteiger partial charge in [0.25, 0.3) is 0 Å². The number of rotatable bonds is 6. The van der Waals surface area contributed by atoms with E-state index in [1.165, 1.54) is 18.4 Å². The fourth-order valence-corrected chi connectivity index (χ4v) is 2.29. The van der Waals surface area contributed by atoms with Crippen molar-refractivity contribution in [3.8, 4) is 5.75 Å². The molecule has 1 aromatic carbocycles. The Balaban J connectivity index is 1.54. The van der Waals surface area contributed by atoms with E-state index in [-0.39, 0.29) is 0 Å². The molecule has 1 fully saturated rings. The van der Waals surface area contributed by atoms with Crippen molar-refractivity contribution in [2.75, 3.05) is 0 Å². The molecule has 0 radical (unpaired) electrons. The van der Waals surface area contributed by atoms with Gasteiger partial charge in [0.1, 0.15) is 18.1 Å². The van der Waals surface area contributed by atoms with Crippen LogP contribution in [-0.2, 0) is 13.2 Å². The summed E-state index contributed by atoms with van der Waals surface area (Å²) >= 11 is 5.92. The molecule has 1 aromatic heterocycles. The van der Waals surface area contributed by atoms with Gasteiger partial charge in [-0.15, -0.1) is 0 Å². The summed E-state index contributed by atoms with van der Waals surface area (Å²) in [5.41, 5.74) is 2.20. The van der Waals surface area contributed by atoms with Crippen molar-refractivity contribution in [1.29, 1.82) is 0 Å².